The van der Waals surface area contributed by atoms with Gasteiger partial charge >= 0.3 is 0 Å². The third-order valence-corrected chi connectivity index (χ3v) is 2.98. The van der Waals surface area contributed by atoms with Gasteiger partial charge in [-0.1, -0.05) is 0 Å². The number of nitrogen functional groups attached to an aromatic ring is 1. The minimum absolute atomic E-state index is 0.253. The molecule has 3 N–H and O–H groups in total. The summed E-state index contributed by atoms with van der Waals surface area (Å²) >= 11 is 0. The average molecular weight is 253 g/mol. The molecule has 0 unspecified atom stereocenters. The third kappa shape index (κ3) is 2.20. The molecule has 0 aliphatic carbocycles. The molecule has 0 aliphatic heterocycles. The van der Waals surface area contributed by atoms with Gasteiger partial charge in [-0.2, -0.15) is 0 Å². The molecule has 0 atom stereocenters. The average Bonchev–Trinajstić information content (AvgIpc) is 2.45. The van der Waals surface area contributed by atoms with Gasteiger partial charge in [0.25, 0.3) is 0 Å². The summed E-state index contributed by atoms with van der Waals surface area (Å²) in [6, 6.07) is 11.9. The second-order valence-corrected chi connectivity index (χ2v) is 4.26. The molecular weight excluding hydrogens is 241 g/mol. The van der Waals surface area contributed by atoms with Gasteiger partial charge in [-0.25, -0.2) is 4.39 Å². The van der Waals surface area contributed by atoms with E-state index in [1.54, 1.807) is 24.5 Å². The van der Waals surface area contributed by atoms with E-state index in [-0.39, 0.29) is 5.82 Å². The molecule has 0 saturated heterocycles. The maximum absolute atomic E-state index is 12.9. The van der Waals surface area contributed by atoms with Crippen molar-refractivity contribution in [3.05, 3.63) is 60.7 Å². The van der Waals surface area contributed by atoms with Gasteiger partial charge in [-0.15, -0.1) is 0 Å². The number of benzene rings is 2. The molecule has 3 nitrogen and oxygen atoms in total. The van der Waals surface area contributed by atoms with Crippen molar-refractivity contribution in [3.63, 3.8) is 0 Å². The fourth-order valence-electron chi connectivity index (χ4n) is 2.01. The van der Waals surface area contributed by atoms with Crippen molar-refractivity contribution in [2.45, 2.75) is 0 Å². The van der Waals surface area contributed by atoms with Gasteiger partial charge in [0.2, 0.25) is 0 Å². The Morgan fingerprint density at radius 3 is 2.53 bits per heavy atom. The number of nitrogens with one attached hydrogen (secondary N) is 1. The van der Waals surface area contributed by atoms with E-state index < -0.39 is 0 Å². The minimum Gasteiger partial charge on any atom is -0.398 e. The lowest BCUT2D eigenvalue weighted by atomic mass is 10.1. The van der Waals surface area contributed by atoms with Gasteiger partial charge in [0, 0.05) is 40.2 Å². The van der Waals surface area contributed by atoms with Crippen molar-refractivity contribution in [1.82, 2.24) is 4.98 Å². The Bertz CT molecular complexity index is 723. The van der Waals surface area contributed by atoms with E-state index in [0.717, 1.165) is 22.1 Å². The number of anilines is 3. The summed E-state index contributed by atoms with van der Waals surface area (Å²) in [5.74, 6) is -0.253. The Hall–Kier alpha value is -2.62. The van der Waals surface area contributed by atoms with E-state index in [9.17, 15) is 4.39 Å². The largest absolute Gasteiger partial charge is 0.398 e. The lowest BCUT2D eigenvalue weighted by Gasteiger charge is -2.11. The molecule has 0 radical (unpaired) electrons. The fraction of sp³-hybridized carbons (Fsp3) is 0. The summed E-state index contributed by atoms with van der Waals surface area (Å²) in [6.07, 6.45) is 3.46. The van der Waals surface area contributed by atoms with E-state index in [1.807, 2.05) is 18.2 Å². The molecule has 0 saturated carbocycles. The number of aromatic nitrogens is 1. The zero-order valence-electron chi connectivity index (χ0n) is 10.1. The third-order valence-electron chi connectivity index (χ3n) is 2.98. The number of hydrogen-bond acceptors (Lipinski definition) is 3. The predicted octanol–water partition coefficient (Wildman–Crippen LogP) is 3.70. The summed E-state index contributed by atoms with van der Waals surface area (Å²) in [6.45, 7) is 0. The van der Waals surface area contributed by atoms with Crippen LogP contribution in [0.25, 0.3) is 10.8 Å². The Balaban J connectivity index is 2.06. The number of nitrogens with zero attached hydrogens (tertiary/aromatic N) is 1. The zero-order valence-corrected chi connectivity index (χ0v) is 10.1. The van der Waals surface area contributed by atoms with Crippen LogP contribution in [0.3, 0.4) is 0 Å². The summed E-state index contributed by atoms with van der Waals surface area (Å²) in [4.78, 5) is 4.08. The van der Waals surface area contributed by atoms with E-state index in [2.05, 4.69) is 10.3 Å². The van der Waals surface area contributed by atoms with Crippen LogP contribution in [0.5, 0.6) is 0 Å². The molecule has 0 spiro atoms. The molecule has 0 amide bonds. The number of fused-ring (bicyclic) bond motifs is 1. The molecule has 1 aromatic heterocycles. The molecule has 94 valence electrons. The number of nitrogens with two attached hydrogens (primary N) is 1. The Labute approximate surface area is 109 Å². The fourth-order valence-corrected chi connectivity index (χ4v) is 2.01. The smallest absolute Gasteiger partial charge is 0.123 e. The molecule has 0 fully saturated rings. The predicted molar refractivity (Wildman–Crippen MR) is 75.8 cm³/mol. The van der Waals surface area contributed by atoms with Crippen molar-refractivity contribution in [1.29, 1.82) is 0 Å². The Kier molecular flexibility index (Phi) is 2.76. The van der Waals surface area contributed by atoms with Crippen LogP contribution >= 0.6 is 0 Å². The normalized spacial score (nSPS) is 10.6. The summed E-state index contributed by atoms with van der Waals surface area (Å²) < 4.78 is 12.9. The van der Waals surface area contributed by atoms with Crippen LogP contribution in [0.2, 0.25) is 0 Å². The van der Waals surface area contributed by atoms with E-state index >= 15 is 0 Å². The van der Waals surface area contributed by atoms with Crippen molar-refractivity contribution >= 4 is 27.8 Å². The van der Waals surface area contributed by atoms with Crippen LogP contribution in [0.15, 0.2) is 54.9 Å². The van der Waals surface area contributed by atoms with Crippen molar-refractivity contribution in [3.8, 4) is 0 Å². The van der Waals surface area contributed by atoms with E-state index in [1.165, 1.54) is 12.1 Å². The van der Waals surface area contributed by atoms with Gasteiger partial charge in [0.1, 0.15) is 5.82 Å². The van der Waals surface area contributed by atoms with Gasteiger partial charge in [0.05, 0.1) is 0 Å². The van der Waals surface area contributed by atoms with Gasteiger partial charge in [0.15, 0.2) is 0 Å². The van der Waals surface area contributed by atoms with Crippen LogP contribution in [0.1, 0.15) is 0 Å². The van der Waals surface area contributed by atoms with Crippen LogP contribution in [-0.4, -0.2) is 4.98 Å². The van der Waals surface area contributed by atoms with E-state index in [0.29, 0.717) is 5.69 Å². The van der Waals surface area contributed by atoms with Crippen LogP contribution in [0, 0.1) is 5.82 Å². The topological polar surface area (TPSA) is 50.9 Å². The highest BCUT2D eigenvalue weighted by atomic mass is 19.1. The highest BCUT2D eigenvalue weighted by molar-refractivity contribution is 6.01. The molecule has 2 aromatic carbocycles. The van der Waals surface area contributed by atoms with Crippen molar-refractivity contribution in [2.24, 2.45) is 0 Å². The molecule has 3 rings (SSSR count). The summed E-state index contributed by atoms with van der Waals surface area (Å²) in [5.41, 5.74) is 8.35. The minimum atomic E-state index is -0.253. The zero-order chi connectivity index (χ0) is 13.2. The second-order valence-electron chi connectivity index (χ2n) is 4.26. The van der Waals surface area contributed by atoms with Gasteiger partial charge in [-0.05, 0) is 42.5 Å². The monoisotopic (exact) mass is 253 g/mol. The van der Waals surface area contributed by atoms with Crippen LogP contribution in [-0.2, 0) is 0 Å². The molecule has 0 aliphatic rings. The lowest BCUT2D eigenvalue weighted by Crippen LogP contribution is -1.94. The highest BCUT2D eigenvalue weighted by Gasteiger charge is 2.04. The maximum atomic E-state index is 12.9. The number of rotatable bonds is 2. The molecule has 1 heterocycles. The summed E-state index contributed by atoms with van der Waals surface area (Å²) in [5, 5.41) is 5.13. The van der Waals surface area contributed by atoms with Crippen molar-refractivity contribution < 1.29 is 4.39 Å². The first kappa shape index (κ1) is 11.5. The van der Waals surface area contributed by atoms with Crippen LogP contribution < -0.4 is 11.1 Å². The van der Waals surface area contributed by atoms with Crippen molar-refractivity contribution in [2.75, 3.05) is 11.1 Å². The second kappa shape index (κ2) is 4.57. The first-order valence-corrected chi connectivity index (χ1v) is 5.89. The number of hydrogen-bond donors (Lipinski definition) is 2. The molecule has 4 heteroatoms. The maximum Gasteiger partial charge on any atom is 0.123 e. The Morgan fingerprint density at radius 2 is 1.74 bits per heavy atom. The number of pyridine rings is 1. The van der Waals surface area contributed by atoms with Gasteiger partial charge < -0.3 is 11.1 Å². The SMILES string of the molecule is Nc1ccc(Nc2ccc(F)cc2)c2ccncc12. The Morgan fingerprint density at radius 1 is 0.947 bits per heavy atom. The molecule has 0 bridgehead atoms. The number of halogens is 1. The van der Waals surface area contributed by atoms with Crippen LogP contribution in [0.4, 0.5) is 21.5 Å². The molecule has 3 aromatic rings. The van der Waals surface area contributed by atoms with E-state index in [4.69, 9.17) is 5.73 Å². The molecular formula is C15H12FN3. The summed E-state index contributed by atoms with van der Waals surface area (Å²) in [7, 11) is 0. The first-order valence-electron chi connectivity index (χ1n) is 5.89. The highest BCUT2D eigenvalue weighted by Crippen LogP contribution is 2.29. The molecule has 19 heavy (non-hydrogen) atoms. The first-order chi connectivity index (χ1) is 9.24. The lowest BCUT2D eigenvalue weighted by molar-refractivity contribution is 0.628. The van der Waals surface area contributed by atoms with Gasteiger partial charge in [-0.3, -0.25) is 4.98 Å². The quantitative estimate of drug-likeness (QED) is 0.685. The standard InChI is InChI=1S/C15H12FN3/c16-10-1-3-11(4-2-10)19-15-6-5-14(17)13-9-18-8-7-12(13)15/h1-9,19H,17H2.